The minimum absolute atomic E-state index is 0. The van der Waals surface area contributed by atoms with Crippen molar-refractivity contribution in [2.75, 3.05) is 6.61 Å². The number of hydrogen-bond donors (Lipinski definition) is 0. The fraction of sp³-hybridized carbons (Fsp3) is 0.158. The fourth-order valence-corrected chi connectivity index (χ4v) is 2.90. The van der Waals surface area contributed by atoms with Crippen molar-refractivity contribution in [3.8, 4) is 16.9 Å². The number of aryl methyl sites for hydroxylation is 1. The normalized spacial score (nSPS) is 10.2. The van der Waals surface area contributed by atoms with Gasteiger partial charge >= 0.3 is 29.6 Å². The number of hydrogen-bond acceptors (Lipinski definition) is 5. The summed E-state index contributed by atoms with van der Waals surface area (Å²) in [4.78, 5) is 12.8. The van der Waals surface area contributed by atoms with Crippen molar-refractivity contribution in [3.63, 3.8) is 0 Å². The maximum atomic E-state index is 12.8. The third-order valence-corrected chi connectivity index (χ3v) is 4.36. The molecule has 0 fully saturated rings. The van der Waals surface area contributed by atoms with E-state index in [0.29, 0.717) is 27.8 Å². The fourth-order valence-electron chi connectivity index (χ4n) is 2.61. The molecular formula is C19H17NaO5S. The zero-order chi connectivity index (χ0) is 17.8. The van der Waals surface area contributed by atoms with Crippen LogP contribution in [-0.2, 0) is 10.3 Å². The molecule has 1 heterocycles. The van der Waals surface area contributed by atoms with Crippen molar-refractivity contribution in [1.82, 2.24) is 0 Å². The van der Waals surface area contributed by atoms with Crippen molar-refractivity contribution < 1.29 is 48.6 Å². The van der Waals surface area contributed by atoms with E-state index in [4.69, 9.17) is 9.15 Å². The Kier molecular flexibility index (Phi) is 7.23. The maximum absolute atomic E-state index is 12.8. The molecule has 3 aromatic rings. The third-order valence-electron chi connectivity index (χ3n) is 3.85. The first-order valence-electron chi connectivity index (χ1n) is 7.72. The zero-order valence-electron chi connectivity index (χ0n) is 15.6. The van der Waals surface area contributed by atoms with Crippen LogP contribution in [0.2, 0.25) is 0 Å². The van der Waals surface area contributed by atoms with Crippen molar-refractivity contribution in [2.24, 2.45) is 0 Å². The molecule has 0 unspecified atom stereocenters. The first-order valence-corrected chi connectivity index (χ1v) is 8.86. The van der Waals surface area contributed by atoms with E-state index in [1.807, 2.05) is 30.3 Å². The molecule has 0 saturated carbocycles. The Morgan fingerprint density at radius 2 is 1.88 bits per heavy atom. The van der Waals surface area contributed by atoms with Crippen molar-refractivity contribution in [3.05, 3.63) is 64.5 Å². The van der Waals surface area contributed by atoms with Gasteiger partial charge in [-0.3, -0.25) is 4.79 Å². The SMILES string of the molecule is Cc1c(OCCC=S(=O)=O)ccc2c(=O)c(-c3ccccc3)coc12.[H-].[Na+]. The monoisotopic (exact) mass is 380 g/mol. The van der Waals surface area contributed by atoms with E-state index in [1.165, 1.54) is 6.26 Å². The van der Waals surface area contributed by atoms with Gasteiger partial charge in [-0.1, -0.05) is 30.3 Å². The topological polar surface area (TPSA) is 73.6 Å². The Labute approximate surface area is 175 Å². The van der Waals surface area contributed by atoms with Gasteiger partial charge in [-0.15, -0.1) is 0 Å². The molecule has 0 amide bonds. The standard InChI is InChI=1S/C19H16O5S.Na.H/c1-13-17(23-10-5-11-25(21)22)9-8-15-18(20)16(12-24-19(13)15)14-6-3-2-4-7-14;;/h2-4,6-9,11-12H,5,10H2,1H3;;/q;+1;-1. The van der Waals surface area contributed by atoms with Gasteiger partial charge in [0.2, 0.25) is 15.7 Å². The van der Waals surface area contributed by atoms with E-state index in [-0.39, 0.29) is 49.4 Å². The van der Waals surface area contributed by atoms with Crippen LogP contribution in [0, 0.1) is 6.92 Å². The van der Waals surface area contributed by atoms with Crippen LogP contribution >= 0.6 is 0 Å². The van der Waals surface area contributed by atoms with Crippen LogP contribution < -0.4 is 39.7 Å². The van der Waals surface area contributed by atoms with E-state index in [1.54, 1.807) is 19.1 Å². The summed E-state index contributed by atoms with van der Waals surface area (Å²) >= 11 is 0. The van der Waals surface area contributed by atoms with Crippen molar-refractivity contribution in [2.45, 2.75) is 13.3 Å². The Balaban J connectivity index is 0.00000182. The molecule has 0 atom stereocenters. The minimum Gasteiger partial charge on any atom is -1.00 e. The van der Waals surface area contributed by atoms with Gasteiger partial charge in [-0.05, 0) is 24.6 Å². The van der Waals surface area contributed by atoms with E-state index in [9.17, 15) is 13.2 Å². The molecule has 3 rings (SSSR count). The second-order valence-electron chi connectivity index (χ2n) is 5.47. The summed E-state index contributed by atoms with van der Waals surface area (Å²) in [6.45, 7) is 2.03. The molecule has 0 saturated heterocycles. The molecule has 0 radical (unpaired) electrons. The summed E-state index contributed by atoms with van der Waals surface area (Å²) < 4.78 is 32.2. The van der Waals surface area contributed by atoms with Gasteiger partial charge in [-0.2, -0.15) is 8.42 Å². The van der Waals surface area contributed by atoms with Gasteiger partial charge in [0.15, 0.2) is 0 Å². The molecule has 26 heavy (non-hydrogen) atoms. The quantitative estimate of drug-likeness (QED) is 0.363. The molecule has 0 bridgehead atoms. The van der Waals surface area contributed by atoms with E-state index in [0.717, 1.165) is 10.9 Å². The smallest absolute Gasteiger partial charge is 1.00 e. The first-order chi connectivity index (χ1) is 12.1. The molecular weight excluding hydrogens is 363 g/mol. The van der Waals surface area contributed by atoms with Crippen molar-refractivity contribution >= 4 is 26.6 Å². The summed E-state index contributed by atoms with van der Waals surface area (Å²) in [5.74, 6) is 0.563. The van der Waals surface area contributed by atoms with Crippen LogP contribution in [0.25, 0.3) is 22.1 Å². The zero-order valence-corrected chi connectivity index (χ0v) is 17.4. The summed E-state index contributed by atoms with van der Waals surface area (Å²) in [5.41, 5.74) is 2.39. The molecule has 0 N–H and O–H groups in total. The van der Waals surface area contributed by atoms with Crippen LogP contribution in [0.5, 0.6) is 5.75 Å². The summed E-state index contributed by atoms with van der Waals surface area (Å²) in [6.07, 6.45) is 1.75. The number of benzene rings is 2. The summed E-state index contributed by atoms with van der Waals surface area (Å²) in [7, 11) is -2.19. The molecule has 0 aliphatic carbocycles. The molecule has 5 nitrogen and oxygen atoms in total. The number of rotatable bonds is 5. The number of ether oxygens (including phenoxy) is 1. The molecule has 0 aliphatic heterocycles. The Morgan fingerprint density at radius 1 is 1.15 bits per heavy atom. The molecule has 1 aromatic heterocycles. The van der Waals surface area contributed by atoms with Gasteiger partial charge in [0.25, 0.3) is 0 Å². The van der Waals surface area contributed by atoms with Gasteiger partial charge < -0.3 is 10.6 Å². The predicted octanol–water partition coefficient (Wildman–Crippen LogP) is 0.335. The molecule has 130 valence electrons. The van der Waals surface area contributed by atoms with Gasteiger partial charge in [0.05, 0.1) is 17.6 Å². The van der Waals surface area contributed by atoms with Crippen LogP contribution in [0.15, 0.2) is 57.9 Å². The summed E-state index contributed by atoms with van der Waals surface area (Å²) in [6, 6.07) is 12.7. The van der Waals surface area contributed by atoms with Gasteiger partial charge in [0, 0.05) is 17.4 Å². The summed E-state index contributed by atoms with van der Waals surface area (Å²) in [5, 5.41) is 1.63. The Morgan fingerprint density at radius 3 is 2.58 bits per heavy atom. The van der Waals surface area contributed by atoms with Crippen LogP contribution in [0.1, 0.15) is 13.4 Å². The van der Waals surface area contributed by atoms with E-state index < -0.39 is 10.3 Å². The largest absolute Gasteiger partial charge is 1.00 e. The first kappa shape index (κ1) is 20.5. The second kappa shape index (κ2) is 9.19. The van der Waals surface area contributed by atoms with E-state index in [2.05, 4.69) is 0 Å². The molecule has 0 aliphatic rings. The molecule has 2 aromatic carbocycles. The van der Waals surface area contributed by atoms with Gasteiger partial charge in [0.1, 0.15) is 17.6 Å². The van der Waals surface area contributed by atoms with E-state index >= 15 is 0 Å². The minimum atomic E-state index is -2.19. The predicted molar refractivity (Wildman–Crippen MR) is 98.9 cm³/mol. The average molecular weight is 380 g/mol. The number of fused-ring (bicyclic) bond motifs is 1. The van der Waals surface area contributed by atoms with Crippen LogP contribution in [-0.4, -0.2) is 20.4 Å². The maximum Gasteiger partial charge on any atom is 1.00 e. The molecule has 7 heteroatoms. The Bertz CT molecular complexity index is 1100. The average Bonchev–Trinajstić information content (AvgIpc) is 2.61. The third kappa shape index (κ3) is 4.45. The molecule has 0 spiro atoms. The van der Waals surface area contributed by atoms with Gasteiger partial charge in [-0.25, -0.2) is 0 Å². The van der Waals surface area contributed by atoms with Crippen LogP contribution in [0.3, 0.4) is 0 Å². The second-order valence-corrected chi connectivity index (χ2v) is 6.33. The van der Waals surface area contributed by atoms with Crippen molar-refractivity contribution in [1.29, 1.82) is 0 Å². The van der Waals surface area contributed by atoms with Crippen LogP contribution in [0.4, 0.5) is 0 Å². The Hall–Kier alpha value is -1.86.